The molecule has 228 valence electrons. The molecule has 4 rings (SSSR count). The molecule has 4 N–H and O–H groups in total. The topological polar surface area (TPSA) is 111 Å². The number of carbonyl (C=O) groups excluding carboxylic acids is 3. The summed E-state index contributed by atoms with van der Waals surface area (Å²) in [5.74, 6) is -2.40. The molecule has 3 aromatic rings. The van der Waals surface area contributed by atoms with Gasteiger partial charge in [-0.3, -0.25) is 9.59 Å². The van der Waals surface area contributed by atoms with Crippen molar-refractivity contribution < 1.29 is 28.3 Å². The van der Waals surface area contributed by atoms with E-state index >= 15 is 0 Å². The van der Waals surface area contributed by atoms with Gasteiger partial charge in [0.25, 0.3) is 5.91 Å². The minimum Gasteiger partial charge on any atom is -0.381 e. The van der Waals surface area contributed by atoms with Crippen LogP contribution in [0.1, 0.15) is 36.1 Å². The molecule has 3 aromatic carbocycles. The molecule has 11 heteroatoms. The van der Waals surface area contributed by atoms with Gasteiger partial charge in [-0.1, -0.05) is 60.7 Å². The molecule has 8 nitrogen and oxygen atoms in total. The zero-order valence-electron chi connectivity index (χ0n) is 24.3. The van der Waals surface area contributed by atoms with Gasteiger partial charge in [0, 0.05) is 29.5 Å². The Morgan fingerprint density at radius 1 is 0.977 bits per heavy atom. The van der Waals surface area contributed by atoms with Crippen molar-refractivity contribution in [2.75, 3.05) is 5.88 Å². The van der Waals surface area contributed by atoms with Gasteiger partial charge in [-0.15, -0.1) is 11.8 Å². The quantitative estimate of drug-likeness (QED) is 0.277. The molecule has 1 fully saturated rings. The molecule has 1 heterocycles. The van der Waals surface area contributed by atoms with Crippen molar-refractivity contribution in [3.8, 4) is 0 Å². The first-order chi connectivity index (χ1) is 20.5. The van der Waals surface area contributed by atoms with Crippen molar-refractivity contribution in [3.63, 3.8) is 0 Å². The number of halogens is 2. The van der Waals surface area contributed by atoms with E-state index in [2.05, 4.69) is 16.0 Å². The first-order valence-corrected chi connectivity index (χ1v) is 14.9. The van der Waals surface area contributed by atoms with Gasteiger partial charge in [-0.05, 0) is 49.9 Å². The number of hydrogen-bond acceptors (Lipinski definition) is 5. The molecule has 0 spiro atoms. The summed E-state index contributed by atoms with van der Waals surface area (Å²) in [6.45, 7) is 5.75. The third-order valence-electron chi connectivity index (χ3n) is 7.50. The molecule has 0 bridgehead atoms. The van der Waals surface area contributed by atoms with E-state index < -0.39 is 46.5 Å². The number of hydrogen-bond donors (Lipinski definition) is 4. The Labute approximate surface area is 254 Å². The van der Waals surface area contributed by atoms with Crippen molar-refractivity contribution in [1.82, 2.24) is 20.9 Å². The van der Waals surface area contributed by atoms with Gasteiger partial charge in [0.05, 0.1) is 11.9 Å². The largest absolute Gasteiger partial charge is 0.381 e. The van der Waals surface area contributed by atoms with Crippen LogP contribution in [-0.2, 0) is 29.1 Å². The molecule has 1 aliphatic heterocycles. The summed E-state index contributed by atoms with van der Waals surface area (Å²) in [5, 5.41) is 19.4. The van der Waals surface area contributed by atoms with E-state index in [0.717, 1.165) is 28.8 Å². The molecule has 43 heavy (non-hydrogen) atoms. The zero-order valence-corrected chi connectivity index (χ0v) is 25.1. The second kappa shape index (κ2) is 14.0. The fraction of sp³-hybridized carbons (Fsp3) is 0.344. The van der Waals surface area contributed by atoms with Crippen molar-refractivity contribution in [2.45, 2.75) is 63.2 Å². The standard InChI is InChI=1S/C32H36F2N4O4S/c1-20-9-7-8-12-22(20)17-35-29(40)28-32(2,3)43-19-38(28)30(41)27(39)26(15-21-10-5-4-6-11-21)37-31(42)36-18-23-13-14-24(33)16-25(23)34/h4-14,16,26-28,39H,15,17-19H2,1-3H3,(H,35,40)(H2,36,37,42). The predicted octanol–water partition coefficient (Wildman–Crippen LogP) is 4.04. The molecule has 0 saturated carbocycles. The monoisotopic (exact) mass is 610 g/mol. The van der Waals surface area contributed by atoms with Gasteiger partial charge in [0.15, 0.2) is 6.10 Å². The van der Waals surface area contributed by atoms with Crippen molar-refractivity contribution in [3.05, 3.63) is 107 Å². The van der Waals surface area contributed by atoms with Crippen LogP contribution in [0.25, 0.3) is 0 Å². The summed E-state index contributed by atoms with van der Waals surface area (Å²) in [4.78, 5) is 41.4. The van der Waals surface area contributed by atoms with Crippen LogP contribution in [0.2, 0.25) is 0 Å². The maximum atomic E-state index is 14.1. The molecular formula is C32H36F2N4O4S. The lowest BCUT2D eigenvalue weighted by Crippen LogP contribution is -2.59. The van der Waals surface area contributed by atoms with Crippen LogP contribution in [0.4, 0.5) is 13.6 Å². The average molecular weight is 611 g/mol. The van der Waals surface area contributed by atoms with E-state index in [9.17, 15) is 28.3 Å². The highest BCUT2D eigenvalue weighted by molar-refractivity contribution is 8.00. The number of aryl methyl sites for hydroxylation is 1. The number of nitrogens with zero attached hydrogens (tertiary/aromatic N) is 1. The number of thioether (sulfide) groups is 1. The number of nitrogens with one attached hydrogen (secondary N) is 3. The highest BCUT2D eigenvalue weighted by Gasteiger charge is 2.49. The van der Waals surface area contributed by atoms with Gasteiger partial charge in [-0.25, -0.2) is 13.6 Å². The maximum absolute atomic E-state index is 14.1. The lowest BCUT2D eigenvalue weighted by molar-refractivity contribution is -0.147. The van der Waals surface area contributed by atoms with E-state index in [0.29, 0.717) is 6.54 Å². The van der Waals surface area contributed by atoms with Gasteiger partial charge in [-0.2, -0.15) is 0 Å². The smallest absolute Gasteiger partial charge is 0.315 e. The number of carbonyl (C=O) groups is 3. The molecular weight excluding hydrogens is 574 g/mol. The highest BCUT2D eigenvalue weighted by atomic mass is 32.2. The van der Waals surface area contributed by atoms with E-state index in [1.165, 1.54) is 22.7 Å². The molecule has 4 amide bonds. The molecule has 0 aromatic heterocycles. The molecule has 3 unspecified atom stereocenters. The fourth-order valence-corrected chi connectivity index (χ4v) is 6.15. The summed E-state index contributed by atoms with van der Waals surface area (Å²) < 4.78 is 26.7. The van der Waals surface area contributed by atoms with Crippen LogP contribution in [0.15, 0.2) is 72.8 Å². The van der Waals surface area contributed by atoms with Gasteiger partial charge in [0.1, 0.15) is 17.7 Å². The lowest BCUT2D eigenvalue weighted by Gasteiger charge is -2.33. The summed E-state index contributed by atoms with van der Waals surface area (Å²) in [6, 6.07) is 17.0. The summed E-state index contributed by atoms with van der Waals surface area (Å²) in [5.41, 5.74) is 2.81. The summed E-state index contributed by atoms with van der Waals surface area (Å²) >= 11 is 1.42. The SMILES string of the molecule is Cc1ccccc1CNC(=O)C1N(C(=O)C(O)C(Cc2ccccc2)NC(=O)NCc2ccc(F)cc2F)CSC1(C)C. The zero-order chi connectivity index (χ0) is 31.1. The first kappa shape index (κ1) is 32.0. The Morgan fingerprint density at radius 3 is 2.35 bits per heavy atom. The third kappa shape index (κ3) is 8.11. The van der Waals surface area contributed by atoms with Gasteiger partial charge >= 0.3 is 6.03 Å². The van der Waals surface area contributed by atoms with E-state index in [4.69, 9.17) is 0 Å². The number of benzene rings is 3. The number of rotatable bonds is 10. The molecule has 1 saturated heterocycles. The molecule has 0 aliphatic carbocycles. The number of urea groups is 1. The molecule has 0 radical (unpaired) electrons. The Kier molecular flexibility index (Phi) is 10.4. The Hall–Kier alpha value is -3.96. The Balaban J connectivity index is 1.48. The number of amides is 4. The van der Waals surface area contributed by atoms with Crippen LogP contribution in [0, 0.1) is 18.6 Å². The fourth-order valence-electron chi connectivity index (χ4n) is 5.01. The van der Waals surface area contributed by atoms with E-state index in [-0.39, 0.29) is 30.3 Å². The van der Waals surface area contributed by atoms with Gasteiger partial charge in [0.2, 0.25) is 5.91 Å². The molecule has 1 aliphatic rings. The van der Waals surface area contributed by atoms with Crippen LogP contribution in [-0.4, -0.2) is 56.7 Å². The van der Waals surface area contributed by atoms with E-state index in [1.807, 2.05) is 51.1 Å². The second-order valence-corrected chi connectivity index (χ2v) is 12.6. The Morgan fingerprint density at radius 2 is 1.65 bits per heavy atom. The summed E-state index contributed by atoms with van der Waals surface area (Å²) in [6.07, 6.45) is -1.57. The normalized spacial score (nSPS) is 17.2. The minimum atomic E-state index is -1.69. The second-order valence-electron chi connectivity index (χ2n) is 11.0. The van der Waals surface area contributed by atoms with E-state index in [1.54, 1.807) is 24.3 Å². The molecule has 3 atom stereocenters. The average Bonchev–Trinajstić information content (AvgIpc) is 3.30. The Bertz CT molecular complexity index is 1460. The number of aliphatic hydroxyl groups excluding tert-OH is 1. The number of aliphatic hydroxyl groups is 1. The van der Waals surface area contributed by atoms with Crippen LogP contribution in [0.5, 0.6) is 0 Å². The van der Waals surface area contributed by atoms with Crippen LogP contribution in [0.3, 0.4) is 0 Å². The predicted molar refractivity (Wildman–Crippen MR) is 162 cm³/mol. The third-order valence-corrected chi connectivity index (χ3v) is 8.87. The van der Waals surface area contributed by atoms with Crippen LogP contribution < -0.4 is 16.0 Å². The van der Waals surface area contributed by atoms with Crippen LogP contribution >= 0.6 is 11.8 Å². The highest BCUT2D eigenvalue weighted by Crippen LogP contribution is 2.40. The maximum Gasteiger partial charge on any atom is 0.315 e. The summed E-state index contributed by atoms with van der Waals surface area (Å²) in [7, 11) is 0. The minimum absolute atomic E-state index is 0.0728. The first-order valence-electron chi connectivity index (χ1n) is 13.9. The van der Waals surface area contributed by atoms with Crippen molar-refractivity contribution in [2.24, 2.45) is 0 Å². The lowest BCUT2D eigenvalue weighted by atomic mass is 9.97. The van der Waals surface area contributed by atoms with Crippen molar-refractivity contribution >= 4 is 29.6 Å². The van der Waals surface area contributed by atoms with Crippen molar-refractivity contribution in [1.29, 1.82) is 0 Å². The van der Waals surface area contributed by atoms with Gasteiger partial charge < -0.3 is 26.0 Å².